The molecule has 7 nitrogen and oxygen atoms in total. The Bertz CT molecular complexity index is 618. The van der Waals surface area contributed by atoms with Crippen LogP contribution in [0, 0.1) is 0 Å². The maximum atomic E-state index is 11.2. The van der Waals surface area contributed by atoms with E-state index in [9.17, 15) is 9.90 Å². The van der Waals surface area contributed by atoms with Crippen molar-refractivity contribution in [3.8, 4) is 0 Å². The molecule has 1 fully saturated rings. The Morgan fingerprint density at radius 1 is 1.07 bits per heavy atom. The first-order valence-electron chi connectivity index (χ1n) is 9.14. The molecule has 1 aliphatic heterocycles. The smallest absolute Gasteiger partial charge is 0.302 e. The third-order valence-electron chi connectivity index (χ3n) is 4.16. The van der Waals surface area contributed by atoms with E-state index in [1.807, 2.05) is 30.3 Å². The third-order valence-corrected chi connectivity index (χ3v) is 4.16. The van der Waals surface area contributed by atoms with Crippen molar-refractivity contribution < 1.29 is 33.6 Å². The summed E-state index contributed by atoms with van der Waals surface area (Å²) in [4.78, 5) is 11.2. The number of ether oxygens (including phenoxy) is 5. The van der Waals surface area contributed by atoms with Crippen molar-refractivity contribution in [3.63, 3.8) is 0 Å². The van der Waals surface area contributed by atoms with Gasteiger partial charge in [-0.15, -0.1) is 13.2 Å². The van der Waals surface area contributed by atoms with Gasteiger partial charge in [0.1, 0.15) is 31.0 Å². The molecule has 2 rings (SSSR count). The van der Waals surface area contributed by atoms with E-state index >= 15 is 0 Å². The molecule has 0 bridgehead atoms. The predicted octanol–water partition coefficient (Wildman–Crippen LogP) is 1.99. The van der Waals surface area contributed by atoms with Crippen LogP contribution < -0.4 is 0 Å². The van der Waals surface area contributed by atoms with Crippen molar-refractivity contribution in [2.45, 2.75) is 44.2 Å². The van der Waals surface area contributed by atoms with Crippen molar-refractivity contribution in [3.05, 3.63) is 61.2 Å². The van der Waals surface area contributed by atoms with Gasteiger partial charge in [0.2, 0.25) is 0 Å². The molecule has 1 saturated heterocycles. The Morgan fingerprint density at radius 3 is 2.32 bits per heavy atom. The van der Waals surface area contributed by atoms with Crippen molar-refractivity contribution in [1.82, 2.24) is 0 Å². The summed E-state index contributed by atoms with van der Waals surface area (Å²) in [5, 5.41) is 10.5. The first-order chi connectivity index (χ1) is 13.6. The Morgan fingerprint density at radius 2 is 1.71 bits per heavy atom. The molecule has 1 heterocycles. The molecule has 5 atom stereocenters. The minimum Gasteiger partial charge on any atom is -0.463 e. The van der Waals surface area contributed by atoms with Gasteiger partial charge in [0.05, 0.1) is 19.8 Å². The van der Waals surface area contributed by atoms with Crippen LogP contribution in [0.4, 0.5) is 0 Å². The van der Waals surface area contributed by atoms with Crippen LogP contribution in [0.3, 0.4) is 0 Å². The van der Waals surface area contributed by atoms with E-state index in [-0.39, 0.29) is 26.4 Å². The Labute approximate surface area is 165 Å². The molecule has 0 saturated carbocycles. The molecular formula is C21H28O7. The van der Waals surface area contributed by atoms with E-state index in [0.29, 0.717) is 0 Å². The van der Waals surface area contributed by atoms with Gasteiger partial charge in [0, 0.05) is 6.92 Å². The monoisotopic (exact) mass is 392 g/mol. The van der Waals surface area contributed by atoms with Crippen LogP contribution in [0.5, 0.6) is 0 Å². The highest BCUT2D eigenvalue weighted by Gasteiger charge is 2.48. The minimum absolute atomic E-state index is 0.0758. The highest BCUT2D eigenvalue weighted by molar-refractivity contribution is 5.65. The standard InChI is InChI=1S/C21H28O7/c1-4-11-24-18-17(14-26-15(3)22)28-21(23)20(19(18)25-12-5-2)27-13-16-9-7-6-8-10-16/h4-10,17-21,23H,1-2,11-14H2,3H3/t17-,18-,19+,20-,21?/m1/s1. The average Bonchev–Trinajstić information content (AvgIpc) is 2.69. The van der Waals surface area contributed by atoms with Gasteiger partial charge in [0.25, 0.3) is 0 Å². The second-order valence-corrected chi connectivity index (χ2v) is 6.30. The van der Waals surface area contributed by atoms with Crippen LogP contribution in [0.1, 0.15) is 12.5 Å². The highest BCUT2D eigenvalue weighted by Crippen LogP contribution is 2.28. The molecule has 154 valence electrons. The van der Waals surface area contributed by atoms with Gasteiger partial charge in [0.15, 0.2) is 6.29 Å². The van der Waals surface area contributed by atoms with Crippen LogP contribution in [0.2, 0.25) is 0 Å². The van der Waals surface area contributed by atoms with Crippen LogP contribution in [-0.2, 0) is 35.1 Å². The molecule has 1 aromatic rings. The molecule has 0 spiro atoms. The van der Waals surface area contributed by atoms with E-state index in [0.717, 1.165) is 5.56 Å². The number of carbonyl (C=O) groups excluding carboxylic acids is 1. The summed E-state index contributed by atoms with van der Waals surface area (Å²) in [5.41, 5.74) is 0.947. The number of hydrogen-bond donors (Lipinski definition) is 1. The third kappa shape index (κ3) is 6.54. The highest BCUT2D eigenvalue weighted by atomic mass is 16.7. The molecule has 28 heavy (non-hydrogen) atoms. The van der Waals surface area contributed by atoms with Crippen molar-refractivity contribution in [2.24, 2.45) is 0 Å². The number of aliphatic hydroxyl groups excluding tert-OH is 1. The van der Waals surface area contributed by atoms with E-state index in [4.69, 9.17) is 23.7 Å². The zero-order valence-corrected chi connectivity index (χ0v) is 16.1. The van der Waals surface area contributed by atoms with Crippen LogP contribution in [-0.4, -0.2) is 61.6 Å². The summed E-state index contributed by atoms with van der Waals surface area (Å²) in [7, 11) is 0. The van der Waals surface area contributed by atoms with Gasteiger partial charge in [-0.05, 0) is 5.56 Å². The second-order valence-electron chi connectivity index (χ2n) is 6.30. The first kappa shape index (κ1) is 22.3. The number of hydrogen-bond acceptors (Lipinski definition) is 7. The average molecular weight is 392 g/mol. The molecule has 1 unspecified atom stereocenters. The maximum Gasteiger partial charge on any atom is 0.302 e. The maximum absolute atomic E-state index is 11.2. The van der Waals surface area contributed by atoms with Gasteiger partial charge >= 0.3 is 5.97 Å². The predicted molar refractivity (Wildman–Crippen MR) is 102 cm³/mol. The van der Waals surface area contributed by atoms with E-state index in [2.05, 4.69) is 13.2 Å². The largest absolute Gasteiger partial charge is 0.463 e. The van der Waals surface area contributed by atoms with Crippen LogP contribution in [0.25, 0.3) is 0 Å². The molecule has 0 aliphatic carbocycles. The molecule has 1 N–H and O–H groups in total. The van der Waals surface area contributed by atoms with Gasteiger partial charge in [-0.3, -0.25) is 4.79 Å². The van der Waals surface area contributed by atoms with Gasteiger partial charge in [-0.1, -0.05) is 42.5 Å². The summed E-state index contributed by atoms with van der Waals surface area (Å²) in [6.45, 7) is 9.28. The van der Waals surface area contributed by atoms with E-state index in [1.54, 1.807) is 12.2 Å². The lowest BCUT2D eigenvalue weighted by molar-refractivity contribution is -0.310. The van der Waals surface area contributed by atoms with Gasteiger partial charge in [-0.25, -0.2) is 0 Å². The lowest BCUT2D eigenvalue weighted by Crippen LogP contribution is -2.61. The molecule has 1 aliphatic rings. The number of aliphatic hydroxyl groups is 1. The molecule has 7 heteroatoms. The summed E-state index contributed by atoms with van der Waals surface area (Å²) in [6, 6.07) is 9.57. The van der Waals surface area contributed by atoms with Crippen LogP contribution >= 0.6 is 0 Å². The fraction of sp³-hybridized carbons (Fsp3) is 0.476. The minimum atomic E-state index is -1.28. The summed E-state index contributed by atoms with van der Waals surface area (Å²) < 4.78 is 28.3. The SMILES string of the molecule is C=CCO[C@H]1[C@H](OCC=C)[C@@H](OCc2ccccc2)C(O)O[C@@H]1COC(C)=O. The van der Waals surface area contributed by atoms with Crippen molar-refractivity contribution in [2.75, 3.05) is 19.8 Å². The molecule has 0 amide bonds. The second kappa shape index (κ2) is 11.7. The summed E-state index contributed by atoms with van der Waals surface area (Å²) in [6.07, 6.45) is -0.899. The number of rotatable bonds is 11. The van der Waals surface area contributed by atoms with Gasteiger partial charge in [-0.2, -0.15) is 0 Å². The summed E-state index contributed by atoms with van der Waals surface area (Å²) >= 11 is 0. The zero-order chi connectivity index (χ0) is 20.4. The summed E-state index contributed by atoms with van der Waals surface area (Å²) in [5.74, 6) is -0.452. The van der Waals surface area contributed by atoms with Crippen molar-refractivity contribution >= 4 is 5.97 Å². The normalized spacial score (nSPS) is 27.1. The van der Waals surface area contributed by atoms with E-state index in [1.165, 1.54) is 6.92 Å². The topological polar surface area (TPSA) is 83.5 Å². The van der Waals surface area contributed by atoms with Crippen LogP contribution in [0.15, 0.2) is 55.6 Å². The Hall–Kier alpha value is -2.03. The quantitative estimate of drug-likeness (QED) is 0.455. The molecule has 1 aromatic carbocycles. The van der Waals surface area contributed by atoms with Gasteiger partial charge < -0.3 is 28.8 Å². The number of carbonyl (C=O) groups is 1. The molecule has 0 radical (unpaired) electrons. The first-order valence-corrected chi connectivity index (χ1v) is 9.14. The van der Waals surface area contributed by atoms with Crippen molar-refractivity contribution in [1.29, 1.82) is 0 Å². The fourth-order valence-corrected chi connectivity index (χ4v) is 2.92. The number of esters is 1. The lowest BCUT2D eigenvalue weighted by atomic mass is 9.98. The zero-order valence-electron chi connectivity index (χ0n) is 16.1. The lowest BCUT2D eigenvalue weighted by Gasteiger charge is -2.44. The number of benzene rings is 1. The fourth-order valence-electron chi connectivity index (χ4n) is 2.92. The van der Waals surface area contributed by atoms with E-state index < -0.39 is 36.7 Å². The molecule has 0 aromatic heterocycles. The Kier molecular flexibility index (Phi) is 9.33. The molecular weight excluding hydrogens is 364 g/mol. The Balaban J connectivity index is 2.17.